The van der Waals surface area contributed by atoms with Crippen LogP contribution in [0.2, 0.25) is 0 Å². The van der Waals surface area contributed by atoms with Crippen LogP contribution in [0.25, 0.3) is 0 Å². The highest BCUT2D eigenvalue weighted by Crippen LogP contribution is 2.31. The molecule has 2 amide bonds. The molecule has 4 atom stereocenters. The fraction of sp³-hybridized carbons (Fsp3) is 0.480. The Labute approximate surface area is 203 Å². The molecule has 1 aromatic heterocycles. The van der Waals surface area contributed by atoms with Crippen molar-refractivity contribution in [3.05, 3.63) is 53.9 Å². The van der Waals surface area contributed by atoms with Crippen LogP contribution in [0.3, 0.4) is 0 Å². The lowest BCUT2D eigenvalue weighted by Gasteiger charge is -2.50. The van der Waals surface area contributed by atoms with Gasteiger partial charge in [-0.2, -0.15) is 4.39 Å². The smallest absolute Gasteiger partial charge is 0.272 e. The number of carbonyl (C=O) groups is 2. The summed E-state index contributed by atoms with van der Waals surface area (Å²) in [5.74, 6) is -1.51. The Kier molecular flexibility index (Phi) is 7.92. The summed E-state index contributed by atoms with van der Waals surface area (Å²) in [7, 11) is 1.29. The Balaban J connectivity index is 0.000000243. The molecule has 3 fully saturated rings. The van der Waals surface area contributed by atoms with Crippen molar-refractivity contribution in [2.75, 3.05) is 32.1 Å². The number of amides is 2. The average molecular weight is 489 g/mol. The van der Waals surface area contributed by atoms with Crippen LogP contribution >= 0.6 is 0 Å². The fourth-order valence-corrected chi connectivity index (χ4v) is 4.59. The van der Waals surface area contributed by atoms with Crippen LogP contribution < -0.4 is 15.4 Å². The third-order valence-corrected chi connectivity index (χ3v) is 6.59. The maximum Gasteiger partial charge on any atom is 0.272 e. The van der Waals surface area contributed by atoms with Crippen molar-refractivity contribution in [3.63, 3.8) is 0 Å². The summed E-state index contributed by atoms with van der Waals surface area (Å²) in [6, 6.07) is 7.42. The maximum atomic E-state index is 12.7. The zero-order valence-electron chi connectivity index (χ0n) is 19.8. The first-order valence-corrected chi connectivity index (χ1v) is 11.8. The molecule has 4 heterocycles. The third-order valence-electron chi connectivity index (χ3n) is 6.59. The van der Waals surface area contributed by atoms with Crippen LogP contribution in [-0.4, -0.2) is 66.7 Å². The van der Waals surface area contributed by atoms with Gasteiger partial charge in [0.15, 0.2) is 11.6 Å². The van der Waals surface area contributed by atoms with Gasteiger partial charge in [-0.25, -0.2) is 4.39 Å². The standard InChI is InChI=1S/C18H24N4O3.C7H6F2O/c1-11-2-3-16(25-11)17(23)21-13-5-7-20-14(8-13)18(24)22-10-12-4-6-19-9-15(12)22;1-10-6-4-2-3-5(8)7(6)9/h5,7-8,11-12,15-16,19H,2-4,6,9-10H2,1H3,(H,20,21,23);2-4H,1H3. The van der Waals surface area contributed by atoms with Crippen molar-refractivity contribution in [3.8, 4) is 5.75 Å². The van der Waals surface area contributed by atoms with Gasteiger partial charge >= 0.3 is 0 Å². The minimum atomic E-state index is -0.940. The second-order valence-corrected chi connectivity index (χ2v) is 8.97. The molecule has 35 heavy (non-hydrogen) atoms. The fourth-order valence-electron chi connectivity index (χ4n) is 4.59. The number of hydrogen-bond acceptors (Lipinski definition) is 6. The van der Waals surface area contributed by atoms with Crippen LogP contribution in [0.1, 0.15) is 36.7 Å². The lowest BCUT2D eigenvalue weighted by molar-refractivity contribution is -0.126. The predicted molar refractivity (Wildman–Crippen MR) is 125 cm³/mol. The van der Waals surface area contributed by atoms with E-state index < -0.39 is 17.7 Å². The first-order chi connectivity index (χ1) is 16.9. The molecule has 0 spiro atoms. The molecule has 2 N–H and O–H groups in total. The van der Waals surface area contributed by atoms with E-state index in [-0.39, 0.29) is 29.7 Å². The van der Waals surface area contributed by atoms with Crippen molar-refractivity contribution in [2.45, 2.75) is 44.4 Å². The number of hydrogen-bond donors (Lipinski definition) is 2. The number of benzene rings is 1. The van der Waals surface area contributed by atoms with Crippen LogP contribution in [0.4, 0.5) is 14.5 Å². The number of carbonyl (C=O) groups excluding carboxylic acids is 2. The number of rotatable bonds is 4. The number of halogens is 2. The third kappa shape index (κ3) is 5.76. The van der Waals surface area contributed by atoms with E-state index in [0.717, 1.165) is 45.0 Å². The number of piperidine rings is 1. The molecule has 0 saturated carbocycles. The molecule has 1 aromatic carbocycles. The van der Waals surface area contributed by atoms with E-state index in [9.17, 15) is 18.4 Å². The van der Waals surface area contributed by atoms with Gasteiger partial charge < -0.3 is 25.0 Å². The number of nitrogens with one attached hydrogen (secondary N) is 2. The SMILES string of the molecule is CC1CCC(C(=O)Nc2ccnc(C(=O)N3CC4CCNCC43)c2)O1.COc1cccc(F)c1F. The molecule has 3 aliphatic heterocycles. The Morgan fingerprint density at radius 2 is 2.06 bits per heavy atom. The molecule has 0 bridgehead atoms. The van der Waals surface area contributed by atoms with Crippen molar-refractivity contribution in [2.24, 2.45) is 5.92 Å². The zero-order valence-corrected chi connectivity index (χ0v) is 19.8. The van der Waals surface area contributed by atoms with Gasteiger partial charge in [0, 0.05) is 31.0 Å². The molecule has 3 aliphatic rings. The van der Waals surface area contributed by atoms with Crippen molar-refractivity contribution in [1.82, 2.24) is 15.2 Å². The van der Waals surface area contributed by atoms with Crippen molar-refractivity contribution >= 4 is 17.5 Å². The van der Waals surface area contributed by atoms with Gasteiger partial charge in [0.05, 0.1) is 13.2 Å². The minimum absolute atomic E-state index is 0.0632. The van der Waals surface area contributed by atoms with E-state index in [2.05, 4.69) is 20.4 Å². The van der Waals surface area contributed by atoms with E-state index in [1.165, 1.54) is 19.2 Å². The quantitative estimate of drug-likeness (QED) is 0.688. The van der Waals surface area contributed by atoms with Crippen LogP contribution in [-0.2, 0) is 9.53 Å². The zero-order chi connectivity index (χ0) is 24.9. The van der Waals surface area contributed by atoms with E-state index in [4.69, 9.17) is 4.74 Å². The maximum absolute atomic E-state index is 12.7. The number of pyridine rings is 1. The van der Waals surface area contributed by atoms with E-state index in [0.29, 0.717) is 17.3 Å². The molecule has 5 rings (SSSR count). The lowest BCUT2D eigenvalue weighted by Crippen LogP contribution is -2.65. The summed E-state index contributed by atoms with van der Waals surface area (Å²) in [5.41, 5.74) is 0.966. The topological polar surface area (TPSA) is 92.8 Å². The number of likely N-dealkylation sites (tertiary alicyclic amines) is 1. The summed E-state index contributed by atoms with van der Waals surface area (Å²) in [6.45, 7) is 4.66. The molecule has 10 heteroatoms. The highest BCUT2D eigenvalue weighted by Gasteiger charge is 2.43. The monoisotopic (exact) mass is 488 g/mol. The van der Waals surface area contributed by atoms with Gasteiger partial charge in [-0.15, -0.1) is 0 Å². The Morgan fingerprint density at radius 3 is 2.74 bits per heavy atom. The van der Waals surface area contributed by atoms with E-state index >= 15 is 0 Å². The lowest BCUT2D eigenvalue weighted by atomic mass is 9.83. The van der Waals surface area contributed by atoms with Gasteiger partial charge in [0.2, 0.25) is 5.82 Å². The molecule has 0 radical (unpaired) electrons. The molecule has 188 valence electrons. The van der Waals surface area contributed by atoms with Crippen molar-refractivity contribution in [1.29, 1.82) is 0 Å². The summed E-state index contributed by atoms with van der Waals surface area (Å²) in [6.07, 6.45) is 4.02. The number of nitrogens with zero attached hydrogens (tertiary/aromatic N) is 2. The molecule has 8 nitrogen and oxygen atoms in total. The molecule has 2 aromatic rings. The second kappa shape index (κ2) is 11.1. The van der Waals surface area contributed by atoms with Gasteiger partial charge in [0.1, 0.15) is 11.8 Å². The van der Waals surface area contributed by atoms with Crippen LogP contribution in [0.5, 0.6) is 5.75 Å². The second-order valence-electron chi connectivity index (χ2n) is 8.97. The molecule has 0 aliphatic carbocycles. The van der Waals surface area contributed by atoms with E-state index in [1.54, 1.807) is 18.3 Å². The number of aromatic nitrogens is 1. The number of ether oxygens (including phenoxy) is 2. The Hall–Kier alpha value is -3.11. The summed E-state index contributed by atoms with van der Waals surface area (Å²) in [4.78, 5) is 31.1. The average Bonchev–Trinajstić information content (AvgIpc) is 3.29. The number of anilines is 1. The van der Waals surface area contributed by atoms with Gasteiger partial charge in [-0.05, 0) is 62.9 Å². The summed E-state index contributed by atoms with van der Waals surface area (Å²) >= 11 is 0. The Bertz CT molecular complexity index is 1070. The van der Waals surface area contributed by atoms with Crippen LogP contribution in [0, 0.1) is 17.6 Å². The first kappa shape index (κ1) is 25.0. The predicted octanol–water partition coefficient (Wildman–Crippen LogP) is 2.99. The van der Waals surface area contributed by atoms with Crippen molar-refractivity contribution < 1.29 is 27.8 Å². The van der Waals surface area contributed by atoms with Gasteiger partial charge in [0.25, 0.3) is 11.8 Å². The first-order valence-electron chi connectivity index (χ1n) is 11.8. The summed E-state index contributed by atoms with van der Waals surface area (Å²) < 4.78 is 34.9. The molecular weight excluding hydrogens is 458 g/mol. The Morgan fingerprint density at radius 1 is 1.23 bits per heavy atom. The van der Waals surface area contributed by atoms with Gasteiger partial charge in [-0.3, -0.25) is 14.6 Å². The number of fused-ring (bicyclic) bond motifs is 1. The summed E-state index contributed by atoms with van der Waals surface area (Å²) in [5, 5.41) is 6.18. The minimum Gasteiger partial charge on any atom is -0.494 e. The largest absolute Gasteiger partial charge is 0.494 e. The molecule has 4 unspecified atom stereocenters. The molecular formula is C25H30F2N4O4. The highest BCUT2D eigenvalue weighted by molar-refractivity contribution is 5.97. The van der Waals surface area contributed by atoms with Crippen LogP contribution in [0.15, 0.2) is 36.5 Å². The normalized spacial score (nSPS) is 25.0. The van der Waals surface area contributed by atoms with E-state index in [1.807, 2.05) is 11.8 Å². The number of methoxy groups -OCH3 is 1. The molecule has 3 saturated heterocycles. The van der Waals surface area contributed by atoms with Gasteiger partial charge in [-0.1, -0.05) is 6.07 Å². The highest BCUT2D eigenvalue weighted by atomic mass is 19.2.